The van der Waals surface area contributed by atoms with E-state index in [1.807, 2.05) is 0 Å². The Labute approximate surface area is 162 Å². The Morgan fingerprint density at radius 2 is 1.71 bits per heavy atom. The van der Waals surface area contributed by atoms with Crippen LogP contribution < -0.4 is 9.47 Å². The molecule has 1 amide bonds. The minimum Gasteiger partial charge on any atom is -0.486 e. The maximum Gasteiger partial charge on any atom is 0.259 e. The number of rotatable bonds is 3. The fraction of sp³-hybridized carbons (Fsp3) is 0.444. The van der Waals surface area contributed by atoms with Crippen molar-refractivity contribution in [2.24, 2.45) is 0 Å². The topological polar surface area (TPSA) is 102 Å². The molecule has 4 rings (SSSR count). The highest BCUT2D eigenvalue weighted by molar-refractivity contribution is 7.89. The van der Waals surface area contributed by atoms with E-state index < -0.39 is 10.0 Å². The Bertz CT molecular complexity index is 989. The molecule has 1 aromatic carbocycles. The summed E-state index contributed by atoms with van der Waals surface area (Å²) >= 11 is 0. The van der Waals surface area contributed by atoms with Crippen LogP contribution in [0.4, 0.5) is 0 Å². The third kappa shape index (κ3) is 3.22. The van der Waals surface area contributed by atoms with Crippen molar-refractivity contribution in [1.82, 2.24) is 14.4 Å². The zero-order valence-electron chi connectivity index (χ0n) is 15.7. The van der Waals surface area contributed by atoms with Crippen LogP contribution in [0.2, 0.25) is 0 Å². The number of hydrogen-bond acceptors (Lipinski definition) is 7. The highest BCUT2D eigenvalue weighted by Gasteiger charge is 2.32. The number of ether oxygens (including phenoxy) is 2. The number of sulfonamides is 1. The lowest BCUT2D eigenvalue weighted by atomic mass is 10.1. The second-order valence-electron chi connectivity index (χ2n) is 6.70. The van der Waals surface area contributed by atoms with Gasteiger partial charge in [0.1, 0.15) is 24.5 Å². The number of amides is 1. The summed E-state index contributed by atoms with van der Waals surface area (Å²) in [5.41, 5.74) is 0.983. The smallest absolute Gasteiger partial charge is 0.259 e. The number of aryl methyl sites for hydroxylation is 2. The first-order valence-corrected chi connectivity index (χ1v) is 10.4. The number of carbonyl (C=O) groups is 1. The highest BCUT2D eigenvalue weighted by Crippen LogP contribution is 2.33. The maximum atomic E-state index is 13.0. The number of nitrogens with zero attached hydrogens (tertiary/aromatic N) is 3. The third-order valence-electron chi connectivity index (χ3n) is 4.92. The molecule has 2 aromatic rings. The predicted molar refractivity (Wildman–Crippen MR) is 98.1 cm³/mol. The number of hydrogen-bond donors (Lipinski definition) is 0. The largest absolute Gasteiger partial charge is 0.486 e. The summed E-state index contributed by atoms with van der Waals surface area (Å²) in [5, 5.41) is 3.81. The average molecular weight is 407 g/mol. The monoisotopic (exact) mass is 407 g/mol. The molecule has 0 atom stereocenters. The lowest BCUT2D eigenvalue weighted by Crippen LogP contribution is -2.50. The summed E-state index contributed by atoms with van der Waals surface area (Å²) < 4.78 is 43.3. The van der Waals surface area contributed by atoms with Crippen LogP contribution >= 0.6 is 0 Å². The van der Waals surface area contributed by atoms with Crippen LogP contribution in [0.15, 0.2) is 27.6 Å². The van der Waals surface area contributed by atoms with E-state index in [2.05, 4.69) is 5.16 Å². The van der Waals surface area contributed by atoms with Gasteiger partial charge in [-0.25, -0.2) is 8.42 Å². The van der Waals surface area contributed by atoms with E-state index >= 15 is 0 Å². The number of aromatic nitrogens is 1. The van der Waals surface area contributed by atoms with Crippen molar-refractivity contribution < 1.29 is 27.2 Å². The molecule has 10 heteroatoms. The lowest BCUT2D eigenvalue weighted by Gasteiger charge is -2.34. The van der Waals surface area contributed by atoms with Crippen molar-refractivity contribution in [3.63, 3.8) is 0 Å². The molecule has 0 saturated carbocycles. The first-order chi connectivity index (χ1) is 13.4. The van der Waals surface area contributed by atoms with E-state index in [9.17, 15) is 13.2 Å². The minimum absolute atomic E-state index is 0.155. The van der Waals surface area contributed by atoms with E-state index in [1.54, 1.807) is 24.8 Å². The molecule has 0 unspecified atom stereocenters. The Morgan fingerprint density at radius 3 is 2.36 bits per heavy atom. The molecule has 150 valence electrons. The molecule has 0 bridgehead atoms. The van der Waals surface area contributed by atoms with Crippen LogP contribution in [0.1, 0.15) is 21.8 Å². The number of carbonyl (C=O) groups excluding carboxylic acids is 1. The third-order valence-corrected chi connectivity index (χ3v) is 6.82. The average Bonchev–Trinajstić information content (AvgIpc) is 3.05. The van der Waals surface area contributed by atoms with Gasteiger partial charge in [-0.3, -0.25) is 4.79 Å². The van der Waals surface area contributed by atoms with Gasteiger partial charge in [-0.05, 0) is 26.0 Å². The van der Waals surface area contributed by atoms with Crippen LogP contribution in [0.25, 0.3) is 0 Å². The standard InChI is InChI=1S/C18H21N3O6S/c1-12-17(13(2)27-19-12)18(22)20-5-7-21(8-6-20)28(23,24)14-3-4-15-16(11-14)26-10-9-25-15/h3-4,11H,5-10H2,1-2H3. The van der Waals surface area contributed by atoms with Crippen LogP contribution in [-0.4, -0.2) is 68.1 Å². The van der Waals surface area contributed by atoms with Gasteiger partial charge in [0.25, 0.3) is 5.91 Å². The second kappa shape index (κ2) is 7.10. The van der Waals surface area contributed by atoms with Crippen molar-refractivity contribution >= 4 is 15.9 Å². The first kappa shape index (κ1) is 18.8. The molecule has 9 nitrogen and oxygen atoms in total. The van der Waals surface area contributed by atoms with Gasteiger partial charge >= 0.3 is 0 Å². The van der Waals surface area contributed by atoms with Crippen molar-refractivity contribution in [3.05, 3.63) is 35.2 Å². The fourth-order valence-corrected chi connectivity index (χ4v) is 4.85. The molecule has 2 aliphatic heterocycles. The van der Waals surface area contributed by atoms with Crippen molar-refractivity contribution in [2.75, 3.05) is 39.4 Å². The van der Waals surface area contributed by atoms with Gasteiger partial charge < -0.3 is 18.9 Å². The zero-order chi connectivity index (χ0) is 19.9. The van der Waals surface area contributed by atoms with Gasteiger partial charge in [-0.2, -0.15) is 4.31 Å². The van der Waals surface area contributed by atoms with Gasteiger partial charge in [-0.15, -0.1) is 0 Å². The molecule has 1 aromatic heterocycles. The van der Waals surface area contributed by atoms with Crippen molar-refractivity contribution in [2.45, 2.75) is 18.7 Å². The molecule has 0 spiro atoms. The Hall–Kier alpha value is -2.59. The fourth-order valence-electron chi connectivity index (χ4n) is 3.41. The Kier molecular flexibility index (Phi) is 4.76. The number of fused-ring (bicyclic) bond motifs is 1. The molecule has 0 radical (unpaired) electrons. The summed E-state index contributed by atoms with van der Waals surface area (Å²) in [4.78, 5) is 14.5. The van der Waals surface area contributed by atoms with E-state index in [0.717, 1.165) is 0 Å². The normalized spacial score (nSPS) is 17.6. The summed E-state index contributed by atoms with van der Waals surface area (Å²) in [5.74, 6) is 1.25. The van der Waals surface area contributed by atoms with E-state index in [0.29, 0.717) is 54.8 Å². The zero-order valence-corrected chi connectivity index (χ0v) is 16.5. The molecule has 1 saturated heterocycles. The van der Waals surface area contributed by atoms with Gasteiger partial charge in [0.15, 0.2) is 11.5 Å². The predicted octanol–water partition coefficient (Wildman–Crippen LogP) is 1.21. The molecule has 3 heterocycles. The molecule has 0 aliphatic carbocycles. The molecule has 28 heavy (non-hydrogen) atoms. The molecule has 1 fully saturated rings. The molecule has 2 aliphatic rings. The second-order valence-corrected chi connectivity index (χ2v) is 8.64. The SMILES string of the molecule is Cc1noc(C)c1C(=O)N1CCN(S(=O)(=O)c2ccc3c(c2)OCCO3)CC1. The first-order valence-electron chi connectivity index (χ1n) is 9.00. The number of benzene rings is 1. The highest BCUT2D eigenvalue weighted by atomic mass is 32.2. The Morgan fingerprint density at radius 1 is 1.04 bits per heavy atom. The van der Waals surface area contributed by atoms with Crippen molar-refractivity contribution in [1.29, 1.82) is 0 Å². The quantitative estimate of drug-likeness (QED) is 0.753. The van der Waals surface area contributed by atoms with Crippen LogP contribution in [0.3, 0.4) is 0 Å². The van der Waals surface area contributed by atoms with Gasteiger partial charge in [0.05, 0.1) is 10.6 Å². The van der Waals surface area contributed by atoms with Gasteiger partial charge in [-0.1, -0.05) is 5.16 Å². The minimum atomic E-state index is -3.69. The van der Waals surface area contributed by atoms with E-state index in [-0.39, 0.29) is 23.9 Å². The van der Waals surface area contributed by atoms with Crippen LogP contribution in [-0.2, 0) is 10.0 Å². The van der Waals surface area contributed by atoms with Crippen LogP contribution in [0.5, 0.6) is 11.5 Å². The van der Waals surface area contributed by atoms with E-state index in [1.165, 1.54) is 16.4 Å². The summed E-state index contributed by atoms with van der Waals surface area (Å²) in [7, 11) is -3.69. The number of piperazine rings is 1. The van der Waals surface area contributed by atoms with Crippen molar-refractivity contribution in [3.8, 4) is 11.5 Å². The molecule has 0 N–H and O–H groups in total. The maximum absolute atomic E-state index is 13.0. The van der Waals surface area contributed by atoms with Gasteiger partial charge in [0, 0.05) is 32.2 Å². The summed E-state index contributed by atoms with van der Waals surface area (Å²) in [6, 6.07) is 4.62. The Balaban J connectivity index is 1.48. The lowest BCUT2D eigenvalue weighted by molar-refractivity contribution is 0.0695. The van der Waals surface area contributed by atoms with Gasteiger partial charge in [0.2, 0.25) is 10.0 Å². The molecular weight excluding hydrogens is 386 g/mol. The molecular formula is C18H21N3O6S. The summed E-state index contributed by atoms with van der Waals surface area (Å²) in [6.45, 7) is 5.26. The van der Waals surface area contributed by atoms with Crippen LogP contribution in [0, 0.1) is 13.8 Å². The van der Waals surface area contributed by atoms with E-state index in [4.69, 9.17) is 14.0 Å². The summed E-state index contributed by atoms with van der Waals surface area (Å²) in [6.07, 6.45) is 0.